The zero-order valence-corrected chi connectivity index (χ0v) is 9.29. The SMILES string of the molecule is CCNC(CCSc1ncco1)C(=O)O. The van der Waals surface area contributed by atoms with Crippen molar-refractivity contribution in [3.63, 3.8) is 0 Å². The lowest BCUT2D eigenvalue weighted by atomic mass is 10.2. The summed E-state index contributed by atoms with van der Waals surface area (Å²) in [5, 5.41) is 12.3. The van der Waals surface area contributed by atoms with E-state index >= 15 is 0 Å². The lowest BCUT2D eigenvalue weighted by Crippen LogP contribution is -2.36. The highest BCUT2D eigenvalue weighted by Crippen LogP contribution is 2.16. The molecule has 0 amide bonds. The van der Waals surface area contributed by atoms with E-state index in [2.05, 4.69) is 10.3 Å². The summed E-state index contributed by atoms with van der Waals surface area (Å²) in [6, 6.07) is -0.488. The summed E-state index contributed by atoms with van der Waals surface area (Å²) in [4.78, 5) is 14.7. The van der Waals surface area contributed by atoms with Gasteiger partial charge in [-0.05, 0) is 13.0 Å². The van der Waals surface area contributed by atoms with Gasteiger partial charge in [-0.2, -0.15) is 0 Å². The Bertz CT molecular complexity index is 290. The van der Waals surface area contributed by atoms with Crippen molar-refractivity contribution < 1.29 is 14.3 Å². The van der Waals surface area contributed by atoms with Crippen molar-refractivity contribution >= 4 is 17.7 Å². The fourth-order valence-corrected chi connectivity index (χ4v) is 1.89. The Hall–Kier alpha value is -1.01. The summed E-state index contributed by atoms with van der Waals surface area (Å²) in [6.07, 6.45) is 3.62. The van der Waals surface area contributed by atoms with E-state index in [9.17, 15) is 4.79 Å². The molecule has 0 radical (unpaired) electrons. The van der Waals surface area contributed by atoms with Gasteiger partial charge in [-0.1, -0.05) is 18.7 Å². The molecular formula is C9H14N2O3S. The monoisotopic (exact) mass is 230 g/mol. The van der Waals surface area contributed by atoms with Crippen molar-refractivity contribution in [2.75, 3.05) is 12.3 Å². The molecule has 1 aromatic heterocycles. The van der Waals surface area contributed by atoms with Crippen LogP contribution in [-0.2, 0) is 4.79 Å². The minimum atomic E-state index is -0.815. The van der Waals surface area contributed by atoms with Crippen LogP contribution in [0.2, 0.25) is 0 Å². The highest BCUT2D eigenvalue weighted by molar-refractivity contribution is 7.99. The molecule has 1 heterocycles. The van der Waals surface area contributed by atoms with E-state index in [1.165, 1.54) is 18.0 Å². The molecule has 0 spiro atoms. The molecule has 2 N–H and O–H groups in total. The van der Waals surface area contributed by atoms with Gasteiger partial charge in [0.2, 0.25) is 0 Å². The Labute approximate surface area is 92.3 Å². The van der Waals surface area contributed by atoms with Crippen LogP contribution >= 0.6 is 11.8 Å². The summed E-state index contributed by atoms with van der Waals surface area (Å²) in [6.45, 7) is 2.54. The molecule has 0 aliphatic carbocycles. The molecule has 0 aliphatic heterocycles. The van der Waals surface area contributed by atoms with Crippen molar-refractivity contribution in [2.24, 2.45) is 0 Å². The third-order valence-corrected chi connectivity index (χ3v) is 2.68. The Morgan fingerprint density at radius 2 is 2.60 bits per heavy atom. The molecule has 0 aromatic carbocycles. The van der Waals surface area contributed by atoms with Gasteiger partial charge in [0.25, 0.3) is 5.22 Å². The molecule has 5 nitrogen and oxygen atoms in total. The summed E-state index contributed by atoms with van der Waals surface area (Å²) < 4.78 is 5.02. The minimum Gasteiger partial charge on any atom is -0.480 e. The number of carboxylic acid groups (broad SMARTS) is 1. The quantitative estimate of drug-likeness (QED) is 0.686. The van der Waals surface area contributed by atoms with Crippen LogP contribution in [-0.4, -0.2) is 34.4 Å². The van der Waals surface area contributed by atoms with Crippen LogP contribution in [0.1, 0.15) is 13.3 Å². The predicted molar refractivity (Wildman–Crippen MR) is 56.9 cm³/mol. The molecule has 1 aromatic rings. The van der Waals surface area contributed by atoms with Crippen molar-refractivity contribution in [3.05, 3.63) is 12.5 Å². The Morgan fingerprint density at radius 3 is 3.13 bits per heavy atom. The van der Waals surface area contributed by atoms with Gasteiger partial charge in [0.15, 0.2) is 0 Å². The molecular weight excluding hydrogens is 216 g/mol. The van der Waals surface area contributed by atoms with Crippen LogP contribution in [0.25, 0.3) is 0 Å². The Balaban J connectivity index is 2.25. The molecule has 0 aliphatic rings. The Morgan fingerprint density at radius 1 is 1.80 bits per heavy atom. The van der Waals surface area contributed by atoms with Gasteiger partial charge >= 0.3 is 5.97 Å². The first kappa shape index (κ1) is 12.1. The highest BCUT2D eigenvalue weighted by atomic mass is 32.2. The van der Waals surface area contributed by atoms with E-state index in [-0.39, 0.29) is 0 Å². The maximum Gasteiger partial charge on any atom is 0.320 e. The van der Waals surface area contributed by atoms with Crippen molar-refractivity contribution in [2.45, 2.75) is 24.6 Å². The number of rotatable bonds is 7. The van der Waals surface area contributed by atoms with E-state index < -0.39 is 12.0 Å². The second-order valence-corrected chi connectivity index (χ2v) is 3.93. The second kappa shape index (κ2) is 6.47. The minimum absolute atomic E-state index is 0.488. The van der Waals surface area contributed by atoms with Crippen LogP contribution in [0, 0.1) is 0 Å². The molecule has 1 unspecified atom stereocenters. The molecule has 6 heteroatoms. The number of carbonyl (C=O) groups is 1. The normalized spacial score (nSPS) is 12.6. The standard InChI is InChI=1S/C9H14N2O3S/c1-2-10-7(8(12)13)3-6-15-9-11-4-5-14-9/h4-5,7,10H,2-3,6H2,1H3,(H,12,13). The second-order valence-electron chi connectivity index (χ2n) is 2.88. The number of carboxylic acids is 1. The molecule has 0 saturated carbocycles. The van der Waals surface area contributed by atoms with E-state index in [0.29, 0.717) is 23.9 Å². The average molecular weight is 230 g/mol. The van der Waals surface area contributed by atoms with Crippen LogP contribution in [0.5, 0.6) is 0 Å². The van der Waals surface area contributed by atoms with Gasteiger partial charge in [-0.25, -0.2) is 4.98 Å². The number of thioether (sulfide) groups is 1. The van der Waals surface area contributed by atoms with E-state index in [0.717, 1.165) is 0 Å². The number of hydrogen-bond acceptors (Lipinski definition) is 5. The molecule has 84 valence electrons. The highest BCUT2D eigenvalue weighted by Gasteiger charge is 2.15. The number of likely N-dealkylation sites (N-methyl/N-ethyl adjacent to an activating group) is 1. The topological polar surface area (TPSA) is 75.4 Å². The molecule has 1 atom stereocenters. The fraction of sp³-hybridized carbons (Fsp3) is 0.556. The smallest absolute Gasteiger partial charge is 0.320 e. The van der Waals surface area contributed by atoms with Gasteiger partial charge in [0.05, 0.1) is 6.20 Å². The van der Waals surface area contributed by atoms with E-state index in [1.54, 1.807) is 6.20 Å². The number of oxazole rings is 1. The fourth-order valence-electron chi connectivity index (χ4n) is 1.10. The van der Waals surface area contributed by atoms with Crippen molar-refractivity contribution in [1.29, 1.82) is 0 Å². The van der Waals surface area contributed by atoms with Gasteiger partial charge in [0, 0.05) is 5.75 Å². The first-order valence-corrected chi connectivity index (χ1v) is 5.71. The summed E-state index contributed by atoms with van der Waals surface area (Å²) in [7, 11) is 0. The summed E-state index contributed by atoms with van der Waals surface area (Å²) in [5.74, 6) is -0.144. The molecule has 0 bridgehead atoms. The number of aromatic nitrogens is 1. The average Bonchev–Trinajstić information content (AvgIpc) is 2.69. The zero-order valence-electron chi connectivity index (χ0n) is 8.47. The largest absolute Gasteiger partial charge is 0.480 e. The molecule has 0 fully saturated rings. The van der Waals surface area contributed by atoms with Crippen LogP contribution in [0.3, 0.4) is 0 Å². The predicted octanol–water partition coefficient (Wildman–Crippen LogP) is 1.22. The third kappa shape index (κ3) is 4.35. The first-order chi connectivity index (χ1) is 7.24. The van der Waals surface area contributed by atoms with Crippen LogP contribution < -0.4 is 5.32 Å². The number of nitrogens with one attached hydrogen (secondary N) is 1. The van der Waals surface area contributed by atoms with Gasteiger partial charge in [-0.15, -0.1) is 0 Å². The number of nitrogens with zero attached hydrogens (tertiary/aromatic N) is 1. The summed E-state index contributed by atoms with van der Waals surface area (Å²) in [5.41, 5.74) is 0. The maximum atomic E-state index is 10.8. The lowest BCUT2D eigenvalue weighted by Gasteiger charge is -2.11. The first-order valence-electron chi connectivity index (χ1n) is 4.72. The molecule has 15 heavy (non-hydrogen) atoms. The lowest BCUT2D eigenvalue weighted by molar-refractivity contribution is -0.139. The van der Waals surface area contributed by atoms with E-state index in [4.69, 9.17) is 9.52 Å². The zero-order chi connectivity index (χ0) is 11.1. The molecule has 1 rings (SSSR count). The maximum absolute atomic E-state index is 10.8. The van der Waals surface area contributed by atoms with E-state index in [1.807, 2.05) is 6.92 Å². The van der Waals surface area contributed by atoms with Crippen molar-refractivity contribution in [1.82, 2.24) is 10.3 Å². The van der Waals surface area contributed by atoms with Crippen LogP contribution in [0.4, 0.5) is 0 Å². The van der Waals surface area contributed by atoms with Gasteiger partial charge < -0.3 is 14.8 Å². The summed E-state index contributed by atoms with van der Waals surface area (Å²) >= 11 is 1.42. The number of aliphatic carboxylic acids is 1. The Kier molecular flexibility index (Phi) is 5.20. The third-order valence-electron chi connectivity index (χ3n) is 1.79. The van der Waals surface area contributed by atoms with Crippen molar-refractivity contribution in [3.8, 4) is 0 Å². The molecule has 0 saturated heterocycles. The number of hydrogen-bond donors (Lipinski definition) is 2. The van der Waals surface area contributed by atoms with Gasteiger partial charge in [-0.3, -0.25) is 4.79 Å². The van der Waals surface area contributed by atoms with Crippen LogP contribution in [0.15, 0.2) is 22.1 Å². The van der Waals surface area contributed by atoms with Gasteiger partial charge in [0.1, 0.15) is 12.3 Å².